The molecule has 0 saturated carbocycles. The van der Waals surface area contributed by atoms with Gasteiger partial charge in [-0.1, -0.05) is 146 Å². The minimum atomic E-state index is -3.19. The number of aromatic nitrogens is 5. The molecule has 0 aliphatic heterocycles. The molecule has 10 aromatic rings. The fourth-order valence-electron chi connectivity index (χ4n) is 8.34. The fraction of sp³-hybridized carbons (Fsp3) is 0.0179. The van der Waals surface area contributed by atoms with Crippen molar-refractivity contribution in [3.05, 3.63) is 224 Å². The molecule has 0 N–H and O–H groups in total. The maximum absolute atomic E-state index is 16.4. The Hall–Kier alpha value is -8.29. The third kappa shape index (κ3) is 7.15. The molecule has 7 aromatic carbocycles. The Morgan fingerprint density at radius 3 is 1.10 bits per heavy atom. The van der Waals surface area contributed by atoms with E-state index in [2.05, 4.69) is 76.7 Å². The van der Waals surface area contributed by atoms with Gasteiger partial charge in [0.1, 0.15) is 0 Å². The third-order valence-corrected chi connectivity index (χ3v) is 11.6. The maximum atomic E-state index is 16.4. The lowest BCUT2D eigenvalue weighted by Gasteiger charge is -2.14. The molecule has 3 aromatic heterocycles. The Labute approximate surface area is 363 Å². The summed E-state index contributed by atoms with van der Waals surface area (Å²) in [4.78, 5) is 23.7. The first kappa shape index (κ1) is 37.7. The van der Waals surface area contributed by atoms with Crippen molar-refractivity contribution >= 4 is 0 Å². The highest BCUT2D eigenvalue weighted by Crippen LogP contribution is 2.53. The summed E-state index contributed by atoms with van der Waals surface area (Å²) in [5.74, 6) is -1.79. The van der Waals surface area contributed by atoms with E-state index in [1.807, 2.05) is 103 Å². The Bertz CT molecular complexity index is 3110. The van der Waals surface area contributed by atoms with Crippen molar-refractivity contribution in [2.75, 3.05) is 0 Å². The van der Waals surface area contributed by atoms with Gasteiger partial charge in [0, 0.05) is 51.3 Å². The second-order valence-corrected chi connectivity index (χ2v) is 15.5. The molecule has 0 amide bonds. The van der Waals surface area contributed by atoms with Crippen LogP contribution in [0.25, 0.3) is 101 Å². The van der Waals surface area contributed by atoms with E-state index < -0.39 is 5.92 Å². The van der Waals surface area contributed by atoms with Gasteiger partial charge < -0.3 is 0 Å². The van der Waals surface area contributed by atoms with Crippen LogP contribution in [0.3, 0.4) is 0 Å². The number of fused-ring (bicyclic) bond motifs is 3. The van der Waals surface area contributed by atoms with Gasteiger partial charge in [0.05, 0.1) is 11.4 Å². The second kappa shape index (κ2) is 15.6. The highest BCUT2D eigenvalue weighted by atomic mass is 19.3. The van der Waals surface area contributed by atoms with Crippen LogP contribution < -0.4 is 0 Å². The molecule has 0 spiro atoms. The molecule has 0 unspecified atom stereocenters. The minimum absolute atomic E-state index is 0.0319. The lowest BCUT2D eigenvalue weighted by molar-refractivity contribution is 0.0480. The number of rotatable bonds is 8. The summed E-state index contributed by atoms with van der Waals surface area (Å²) in [6.45, 7) is 0. The van der Waals surface area contributed by atoms with Crippen LogP contribution in [0.1, 0.15) is 11.1 Å². The minimum Gasteiger partial charge on any atom is -0.256 e. The largest absolute Gasteiger partial charge is 0.299 e. The summed E-state index contributed by atoms with van der Waals surface area (Å²) in [7, 11) is 0. The summed E-state index contributed by atoms with van der Waals surface area (Å²) in [6, 6.07) is 64.6. The van der Waals surface area contributed by atoms with E-state index in [0.29, 0.717) is 34.2 Å². The third-order valence-electron chi connectivity index (χ3n) is 11.6. The van der Waals surface area contributed by atoms with Crippen molar-refractivity contribution in [1.82, 2.24) is 24.9 Å². The van der Waals surface area contributed by atoms with Crippen LogP contribution >= 0.6 is 0 Å². The second-order valence-electron chi connectivity index (χ2n) is 15.5. The van der Waals surface area contributed by atoms with Gasteiger partial charge in [-0.3, -0.25) is 9.97 Å². The molecule has 11 rings (SSSR count). The summed E-state index contributed by atoms with van der Waals surface area (Å²) in [5, 5.41) is 0. The summed E-state index contributed by atoms with van der Waals surface area (Å²) >= 11 is 0. The highest BCUT2D eigenvalue weighted by Gasteiger charge is 2.44. The van der Waals surface area contributed by atoms with Crippen LogP contribution in [-0.4, -0.2) is 24.9 Å². The Morgan fingerprint density at radius 2 is 0.651 bits per heavy atom. The fourth-order valence-corrected chi connectivity index (χ4v) is 8.34. The SMILES string of the molecule is FC1(F)c2ccc(-c3cc(-c4ccc(-c5ccccn5)cc4)cc(-c4ccc(-c5ccccn5)cc4)c3)cc2-c2cc(-c3nc(-c4ccccc4)nc(-c4ccccc4)n3)ccc21. The maximum Gasteiger partial charge on any atom is 0.299 e. The number of alkyl halides is 2. The smallest absolute Gasteiger partial charge is 0.256 e. The Kier molecular flexibility index (Phi) is 9.35. The van der Waals surface area contributed by atoms with Crippen LogP contribution in [0, 0.1) is 0 Å². The van der Waals surface area contributed by atoms with Gasteiger partial charge in [-0.2, -0.15) is 8.78 Å². The van der Waals surface area contributed by atoms with Gasteiger partial charge in [0.2, 0.25) is 0 Å². The molecule has 1 aliphatic carbocycles. The standard InChI is InChI=1S/C56H35F2N5/c57-56(58)49-27-25-42(34-47(49)48-35-43(26-28-50(48)56)55-62-53(40-11-3-1-4-12-40)61-54(63-55)41-13-5-2-6-14-41)46-32-44(36-17-21-38(22-18-36)51-15-7-9-29-59-51)31-45(33-46)37-19-23-39(24-20-37)52-16-8-10-30-60-52/h1-35H. The molecular weight excluding hydrogens is 781 g/mol. The lowest BCUT2D eigenvalue weighted by Crippen LogP contribution is -2.10. The van der Waals surface area contributed by atoms with Crippen LogP contribution in [0.15, 0.2) is 213 Å². The first-order valence-electron chi connectivity index (χ1n) is 20.7. The predicted molar refractivity (Wildman–Crippen MR) is 247 cm³/mol. The van der Waals surface area contributed by atoms with Crippen molar-refractivity contribution in [2.24, 2.45) is 0 Å². The number of benzene rings is 7. The van der Waals surface area contributed by atoms with E-state index in [0.717, 1.165) is 67.0 Å². The molecule has 0 atom stereocenters. The van der Waals surface area contributed by atoms with Gasteiger partial charge in [-0.15, -0.1) is 0 Å². The molecule has 63 heavy (non-hydrogen) atoms. The Balaban J connectivity index is 1.02. The van der Waals surface area contributed by atoms with Crippen LogP contribution in [0.4, 0.5) is 8.78 Å². The zero-order chi connectivity index (χ0) is 42.3. The summed E-state index contributed by atoms with van der Waals surface area (Å²) in [5.41, 5.74) is 12.7. The lowest BCUT2D eigenvalue weighted by atomic mass is 9.91. The van der Waals surface area contributed by atoms with Crippen molar-refractivity contribution in [1.29, 1.82) is 0 Å². The van der Waals surface area contributed by atoms with E-state index in [4.69, 9.17) is 15.0 Å². The number of halogens is 2. The zero-order valence-corrected chi connectivity index (χ0v) is 33.7. The van der Waals surface area contributed by atoms with E-state index in [1.54, 1.807) is 36.7 Å². The van der Waals surface area contributed by atoms with Gasteiger partial charge in [0.15, 0.2) is 17.5 Å². The number of hydrogen-bond acceptors (Lipinski definition) is 5. The van der Waals surface area contributed by atoms with Crippen molar-refractivity contribution in [3.8, 4) is 101 Å². The van der Waals surface area contributed by atoms with Crippen molar-refractivity contribution in [2.45, 2.75) is 5.92 Å². The molecule has 0 saturated heterocycles. The van der Waals surface area contributed by atoms with Crippen LogP contribution in [-0.2, 0) is 5.92 Å². The molecule has 5 nitrogen and oxygen atoms in total. The monoisotopic (exact) mass is 815 g/mol. The number of nitrogens with zero attached hydrogens (tertiary/aromatic N) is 5. The molecule has 0 fully saturated rings. The molecule has 0 radical (unpaired) electrons. The Morgan fingerprint density at radius 1 is 0.286 bits per heavy atom. The van der Waals surface area contributed by atoms with Crippen molar-refractivity contribution in [3.63, 3.8) is 0 Å². The van der Waals surface area contributed by atoms with Gasteiger partial charge in [0.25, 0.3) is 5.92 Å². The topological polar surface area (TPSA) is 64.5 Å². The van der Waals surface area contributed by atoms with Gasteiger partial charge in [-0.05, 0) is 99.1 Å². The molecule has 1 aliphatic rings. The molecule has 3 heterocycles. The first-order valence-corrected chi connectivity index (χ1v) is 20.7. The van der Waals surface area contributed by atoms with Crippen LogP contribution in [0.5, 0.6) is 0 Å². The summed E-state index contributed by atoms with van der Waals surface area (Å²) < 4.78 is 32.8. The average molecular weight is 816 g/mol. The predicted octanol–water partition coefficient (Wildman–Crippen LogP) is 14.1. The van der Waals surface area contributed by atoms with E-state index in [1.165, 1.54) is 6.07 Å². The van der Waals surface area contributed by atoms with E-state index in [-0.39, 0.29) is 11.1 Å². The number of pyridine rings is 2. The van der Waals surface area contributed by atoms with Crippen LogP contribution in [0.2, 0.25) is 0 Å². The molecular formula is C56H35F2N5. The normalized spacial score (nSPS) is 12.4. The van der Waals surface area contributed by atoms with Crippen molar-refractivity contribution < 1.29 is 8.78 Å². The highest BCUT2D eigenvalue weighted by molar-refractivity contribution is 5.88. The molecule has 298 valence electrons. The van der Waals surface area contributed by atoms with Gasteiger partial charge >= 0.3 is 0 Å². The zero-order valence-electron chi connectivity index (χ0n) is 33.7. The molecule has 7 heteroatoms. The van der Waals surface area contributed by atoms with E-state index >= 15 is 8.78 Å². The molecule has 0 bridgehead atoms. The number of hydrogen-bond donors (Lipinski definition) is 0. The average Bonchev–Trinajstić information content (AvgIpc) is 3.59. The van der Waals surface area contributed by atoms with E-state index in [9.17, 15) is 0 Å². The van der Waals surface area contributed by atoms with Gasteiger partial charge in [-0.25, -0.2) is 15.0 Å². The quantitative estimate of drug-likeness (QED) is 0.153. The first-order chi connectivity index (χ1) is 30.9. The summed E-state index contributed by atoms with van der Waals surface area (Å²) in [6.07, 6.45) is 3.58.